The third-order valence-corrected chi connectivity index (χ3v) is 3.52. The molecule has 10 nitrogen and oxygen atoms in total. The Morgan fingerprint density at radius 1 is 1.27 bits per heavy atom. The highest BCUT2D eigenvalue weighted by Crippen LogP contribution is 2.24. The molecule has 0 fully saturated rings. The summed E-state index contributed by atoms with van der Waals surface area (Å²) in [5.74, 6) is -0.494. The van der Waals surface area contributed by atoms with E-state index in [0.29, 0.717) is 0 Å². The second-order valence-electron chi connectivity index (χ2n) is 7.11. The van der Waals surface area contributed by atoms with Crippen LogP contribution in [-0.4, -0.2) is 41.6 Å². The Kier molecular flexibility index (Phi) is 8.72. The first-order valence-electron chi connectivity index (χ1n) is 8.92. The number of nitro groups is 1. The summed E-state index contributed by atoms with van der Waals surface area (Å²) in [7, 11) is 1.16. The van der Waals surface area contributed by atoms with Crippen LogP contribution in [0.4, 0.5) is 21.0 Å². The van der Waals surface area contributed by atoms with Crippen LogP contribution < -0.4 is 10.6 Å². The average Bonchev–Trinajstić information content (AvgIpc) is 2.64. The molecule has 2 amide bonds. The minimum atomic E-state index is -0.937. The monoisotopic (exact) mass is 419 g/mol. The van der Waals surface area contributed by atoms with Gasteiger partial charge in [-0.2, -0.15) is 0 Å². The number of hydrogen-bond donors (Lipinski definition) is 2. The second kappa shape index (κ2) is 10.7. The number of benzene rings is 1. The topological polar surface area (TPSA) is 137 Å². The largest absolute Gasteiger partial charge is 0.453 e. The minimum absolute atomic E-state index is 0.137. The van der Waals surface area contributed by atoms with Crippen LogP contribution in [-0.2, 0) is 14.3 Å². The molecule has 0 aliphatic heterocycles. The summed E-state index contributed by atoms with van der Waals surface area (Å²) in [5.41, 5.74) is -0.762. The second-order valence-corrected chi connectivity index (χ2v) is 7.11. The van der Waals surface area contributed by atoms with Crippen molar-refractivity contribution in [1.82, 2.24) is 5.32 Å². The van der Waals surface area contributed by atoms with Crippen LogP contribution in [0.3, 0.4) is 0 Å². The molecule has 0 aliphatic carbocycles. The van der Waals surface area contributed by atoms with Crippen molar-refractivity contribution in [2.45, 2.75) is 38.8 Å². The van der Waals surface area contributed by atoms with E-state index in [4.69, 9.17) is 4.74 Å². The number of amides is 2. The van der Waals surface area contributed by atoms with E-state index in [9.17, 15) is 24.5 Å². The van der Waals surface area contributed by atoms with E-state index in [2.05, 4.69) is 21.9 Å². The molecule has 0 aliphatic rings. The van der Waals surface area contributed by atoms with E-state index in [-0.39, 0.29) is 23.4 Å². The van der Waals surface area contributed by atoms with Gasteiger partial charge in [0.05, 0.1) is 29.3 Å². The Bertz CT molecular complexity index is 856. The lowest BCUT2D eigenvalue weighted by molar-refractivity contribution is -0.385. The van der Waals surface area contributed by atoms with Crippen molar-refractivity contribution in [3.05, 3.63) is 52.6 Å². The Hall–Kier alpha value is -3.69. The van der Waals surface area contributed by atoms with Crippen LogP contribution in [0.15, 0.2) is 36.9 Å². The highest BCUT2D eigenvalue weighted by Gasteiger charge is 2.22. The molecule has 0 radical (unpaired) electrons. The zero-order valence-electron chi connectivity index (χ0n) is 17.3. The molecule has 0 aromatic heterocycles. The zero-order chi connectivity index (χ0) is 22.9. The number of nitrogens with zero attached hydrogens (tertiary/aromatic N) is 1. The fourth-order valence-electron chi connectivity index (χ4n) is 2.24. The van der Waals surface area contributed by atoms with Crippen molar-refractivity contribution in [3.63, 3.8) is 0 Å². The summed E-state index contributed by atoms with van der Waals surface area (Å²) in [5, 5.41) is 16.1. The predicted molar refractivity (Wildman–Crippen MR) is 111 cm³/mol. The smallest absolute Gasteiger partial charge is 0.411 e. The van der Waals surface area contributed by atoms with E-state index < -0.39 is 34.5 Å². The van der Waals surface area contributed by atoms with E-state index in [0.717, 1.165) is 19.3 Å². The van der Waals surface area contributed by atoms with Gasteiger partial charge in [0.2, 0.25) is 0 Å². The van der Waals surface area contributed by atoms with Crippen molar-refractivity contribution in [2.24, 2.45) is 0 Å². The lowest BCUT2D eigenvalue weighted by Crippen LogP contribution is -2.42. The Balaban J connectivity index is 3.02. The fraction of sp³-hybridized carbons (Fsp3) is 0.350. The summed E-state index contributed by atoms with van der Waals surface area (Å²) in [6.45, 7) is 8.63. The Morgan fingerprint density at radius 3 is 2.47 bits per heavy atom. The number of methoxy groups -OCH3 is 1. The van der Waals surface area contributed by atoms with Gasteiger partial charge < -0.3 is 14.8 Å². The van der Waals surface area contributed by atoms with E-state index in [1.54, 1.807) is 20.8 Å². The number of ketones is 1. The molecular weight excluding hydrogens is 394 g/mol. The van der Waals surface area contributed by atoms with Gasteiger partial charge in [-0.05, 0) is 51.5 Å². The normalized spacial score (nSPS) is 12.0. The molecule has 1 aromatic rings. The first-order valence-corrected chi connectivity index (χ1v) is 8.92. The molecule has 1 rings (SSSR count). The quantitative estimate of drug-likeness (QED) is 0.283. The summed E-state index contributed by atoms with van der Waals surface area (Å²) in [6, 6.07) is 3.00. The van der Waals surface area contributed by atoms with Crippen LogP contribution in [0.2, 0.25) is 0 Å². The van der Waals surface area contributed by atoms with Gasteiger partial charge in [-0.15, -0.1) is 6.58 Å². The summed E-state index contributed by atoms with van der Waals surface area (Å²) >= 11 is 0. The molecule has 1 aromatic carbocycles. The molecule has 0 saturated carbocycles. The Labute approximate surface area is 174 Å². The number of anilines is 1. The molecule has 2 N–H and O–H groups in total. The number of nitro benzene ring substituents is 1. The summed E-state index contributed by atoms with van der Waals surface area (Å²) in [4.78, 5) is 46.4. The lowest BCUT2D eigenvalue weighted by Gasteiger charge is -2.22. The highest BCUT2D eigenvalue weighted by molar-refractivity contribution is 5.99. The molecular formula is C20H25N3O7. The SMILES string of the molecule is C=CC[C@H](NC(=O)OC(C)(C)C)C(=O)/C=C/c1ccc(NC(=O)OC)cc1[N+](=O)[O-]. The molecule has 0 unspecified atom stereocenters. The first-order chi connectivity index (χ1) is 14.0. The first kappa shape index (κ1) is 24.3. The van der Waals surface area contributed by atoms with Crippen LogP contribution in [0.5, 0.6) is 0 Å². The molecule has 0 spiro atoms. The maximum atomic E-state index is 12.5. The number of carbonyl (C=O) groups excluding carboxylic acids is 3. The molecule has 30 heavy (non-hydrogen) atoms. The number of nitrogens with one attached hydrogen (secondary N) is 2. The van der Waals surface area contributed by atoms with Crippen LogP contribution in [0, 0.1) is 10.1 Å². The van der Waals surface area contributed by atoms with Gasteiger partial charge in [-0.3, -0.25) is 20.2 Å². The molecule has 1 atom stereocenters. The third kappa shape index (κ3) is 8.13. The van der Waals surface area contributed by atoms with E-state index >= 15 is 0 Å². The molecule has 10 heteroatoms. The fourth-order valence-corrected chi connectivity index (χ4v) is 2.24. The molecule has 0 saturated heterocycles. The Morgan fingerprint density at radius 2 is 1.93 bits per heavy atom. The number of rotatable bonds is 8. The van der Waals surface area contributed by atoms with Crippen LogP contribution in [0.25, 0.3) is 6.08 Å². The number of carbonyl (C=O) groups is 3. The van der Waals surface area contributed by atoms with Crippen LogP contribution >= 0.6 is 0 Å². The molecule has 0 heterocycles. The average molecular weight is 419 g/mol. The van der Waals surface area contributed by atoms with Crippen LogP contribution in [0.1, 0.15) is 32.8 Å². The van der Waals surface area contributed by atoms with Gasteiger partial charge >= 0.3 is 12.2 Å². The van der Waals surface area contributed by atoms with Crippen molar-refractivity contribution in [2.75, 3.05) is 12.4 Å². The van der Waals surface area contributed by atoms with E-state index in [1.165, 1.54) is 24.3 Å². The van der Waals surface area contributed by atoms with Crippen molar-refractivity contribution in [1.29, 1.82) is 0 Å². The van der Waals surface area contributed by atoms with Crippen molar-refractivity contribution < 1.29 is 28.8 Å². The third-order valence-electron chi connectivity index (χ3n) is 3.52. The zero-order valence-corrected chi connectivity index (χ0v) is 17.3. The maximum Gasteiger partial charge on any atom is 0.411 e. The van der Waals surface area contributed by atoms with Crippen molar-refractivity contribution in [3.8, 4) is 0 Å². The van der Waals surface area contributed by atoms with Gasteiger partial charge in [0.25, 0.3) is 5.69 Å². The summed E-state index contributed by atoms with van der Waals surface area (Å²) < 4.78 is 9.58. The van der Waals surface area contributed by atoms with Gasteiger partial charge in [-0.1, -0.05) is 6.08 Å². The minimum Gasteiger partial charge on any atom is -0.453 e. The van der Waals surface area contributed by atoms with E-state index in [1.807, 2.05) is 0 Å². The lowest BCUT2D eigenvalue weighted by atomic mass is 10.1. The number of hydrogen-bond acceptors (Lipinski definition) is 7. The van der Waals surface area contributed by atoms with Crippen molar-refractivity contribution >= 4 is 35.4 Å². The van der Waals surface area contributed by atoms with Gasteiger partial charge in [-0.25, -0.2) is 9.59 Å². The number of ether oxygens (including phenoxy) is 2. The molecule has 0 bridgehead atoms. The van der Waals surface area contributed by atoms with Gasteiger partial charge in [0.15, 0.2) is 5.78 Å². The summed E-state index contributed by atoms with van der Waals surface area (Å²) in [6.07, 6.45) is 2.45. The number of alkyl carbamates (subject to hydrolysis) is 1. The predicted octanol–water partition coefficient (Wildman–Crippen LogP) is 3.82. The maximum absolute atomic E-state index is 12.5. The standard InChI is InChI=1S/C20H25N3O7/c1-6-7-15(22-19(26)30-20(2,3)4)17(24)11-9-13-8-10-14(21-18(25)29-5)12-16(13)23(27)28/h6,8-12,15H,1,7H2,2-5H3,(H,21,25)(H,22,26)/b11-9+/t15-/m0/s1. The van der Waals surface area contributed by atoms with Gasteiger partial charge in [0.1, 0.15) is 5.60 Å². The molecule has 162 valence electrons. The van der Waals surface area contributed by atoms with Gasteiger partial charge in [0, 0.05) is 6.07 Å². The highest BCUT2D eigenvalue weighted by atomic mass is 16.6.